The van der Waals surface area contributed by atoms with Crippen molar-refractivity contribution in [2.45, 2.75) is 19.8 Å². The summed E-state index contributed by atoms with van der Waals surface area (Å²) in [7, 11) is 0. The third-order valence-corrected chi connectivity index (χ3v) is 4.68. The molecule has 0 radical (unpaired) electrons. The fourth-order valence-corrected chi connectivity index (χ4v) is 3.22. The van der Waals surface area contributed by atoms with Gasteiger partial charge >= 0.3 is 6.03 Å². The lowest BCUT2D eigenvalue weighted by Gasteiger charge is -2.10. The molecule has 0 spiro atoms. The number of urea groups is 1. The van der Waals surface area contributed by atoms with Crippen LogP contribution in [0, 0.1) is 12.8 Å². The number of anilines is 1. The Kier molecular flexibility index (Phi) is 4.97. The second-order valence-electron chi connectivity index (χ2n) is 6.74. The van der Waals surface area contributed by atoms with Crippen molar-refractivity contribution >= 4 is 22.8 Å². The van der Waals surface area contributed by atoms with Crippen LogP contribution in [0.15, 0.2) is 36.8 Å². The second kappa shape index (κ2) is 7.71. The summed E-state index contributed by atoms with van der Waals surface area (Å²) in [5, 5.41) is 11.0. The Morgan fingerprint density at radius 3 is 3.07 bits per heavy atom. The molecule has 140 valence electrons. The molecule has 4 heterocycles. The van der Waals surface area contributed by atoms with E-state index in [4.69, 9.17) is 4.74 Å². The van der Waals surface area contributed by atoms with Crippen molar-refractivity contribution in [3.8, 4) is 5.69 Å². The van der Waals surface area contributed by atoms with Gasteiger partial charge in [-0.3, -0.25) is 10.3 Å². The van der Waals surface area contributed by atoms with Crippen molar-refractivity contribution in [3.63, 3.8) is 0 Å². The summed E-state index contributed by atoms with van der Waals surface area (Å²) in [5.74, 6) is 1.04. The molecule has 27 heavy (non-hydrogen) atoms. The number of rotatable bonds is 5. The zero-order valence-corrected chi connectivity index (χ0v) is 15.2. The van der Waals surface area contributed by atoms with E-state index in [1.54, 1.807) is 18.6 Å². The van der Waals surface area contributed by atoms with Crippen molar-refractivity contribution in [2.75, 3.05) is 25.1 Å². The van der Waals surface area contributed by atoms with Crippen LogP contribution in [0.4, 0.5) is 10.6 Å². The van der Waals surface area contributed by atoms with Gasteiger partial charge in [0.1, 0.15) is 5.82 Å². The molecular weight excluding hydrogens is 344 g/mol. The number of carbonyl (C=O) groups is 1. The standard InChI is InChI=1S/C19H22N6O2/c1-13-8-16(3-6-20-13)25-17-11-22-18(9-15(17)10-23-25)24-19(26)21-5-2-14-4-7-27-12-14/h3,6,8-11,14H,2,4-5,7,12H2,1H3,(H2,21,22,24,26). The molecule has 2 amide bonds. The van der Waals surface area contributed by atoms with Gasteiger partial charge in [-0.1, -0.05) is 0 Å². The van der Waals surface area contributed by atoms with Crippen LogP contribution in [0.1, 0.15) is 18.5 Å². The Bertz CT molecular complexity index is 948. The highest BCUT2D eigenvalue weighted by molar-refractivity contribution is 5.91. The third-order valence-electron chi connectivity index (χ3n) is 4.68. The summed E-state index contributed by atoms with van der Waals surface area (Å²) in [6.07, 6.45) is 7.23. The van der Waals surface area contributed by atoms with Crippen LogP contribution in [0.2, 0.25) is 0 Å². The van der Waals surface area contributed by atoms with Gasteiger partial charge in [0.05, 0.1) is 23.6 Å². The Morgan fingerprint density at radius 2 is 2.26 bits per heavy atom. The molecular formula is C19H22N6O2. The highest BCUT2D eigenvalue weighted by Crippen LogP contribution is 2.20. The predicted octanol–water partition coefficient (Wildman–Crippen LogP) is 2.67. The van der Waals surface area contributed by atoms with Crippen LogP contribution in [0.3, 0.4) is 0 Å². The van der Waals surface area contributed by atoms with E-state index in [1.165, 1.54) is 0 Å². The molecule has 3 aromatic rings. The van der Waals surface area contributed by atoms with Gasteiger partial charge in [0.25, 0.3) is 0 Å². The van der Waals surface area contributed by atoms with E-state index >= 15 is 0 Å². The van der Waals surface area contributed by atoms with Gasteiger partial charge in [-0.15, -0.1) is 0 Å². The molecule has 1 unspecified atom stereocenters. The maximum atomic E-state index is 12.1. The van der Waals surface area contributed by atoms with Gasteiger partial charge in [-0.05, 0) is 43.9 Å². The first kappa shape index (κ1) is 17.4. The number of ether oxygens (including phenoxy) is 1. The Balaban J connectivity index is 1.40. The summed E-state index contributed by atoms with van der Waals surface area (Å²) in [5.41, 5.74) is 2.71. The van der Waals surface area contributed by atoms with E-state index in [0.717, 1.165) is 48.3 Å². The molecule has 4 rings (SSSR count). The maximum absolute atomic E-state index is 12.1. The van der Waals surface area contributed by atoms with Gasteiger partial charge in [-0.2, -0.15) is 5.10 Å². The van der Waals surface area contributed by atoms with Crippen LogP contribution >= 0.6 is 0 Å². The average Bonchev–Trinajstić information content (AvgIpc) is 3.31. The molecule has 1 atom stereocenters. The Labute approximate surface area is 157 Å². The first-order valence-corrected chi connectivity index (χ1v) is 9.08. The molecule has 8 heteroatoms. The fraction of sp³-hybridized carbons (Fsp3) is 0.368. The van der Waals surface area contributed by atoms with Gasteiger partial charge < -0.3 is 10.1 Å². The fourth-order valence-electron chi connectivity index (χ4n) is 3.22. The smallest absolute Gasteiger partial charge is 0.320 e. The Hall–Kier alpha value is -3.00. The minimum Gasteiger partial charge on any atom is -0.381 e. The number of amides is 2. The summed E-state index contributed by atoms with van der Waals surface area (Å²) in [4.78, 5) is 20.6. The van der Waals surface area contributed by atoms with E-state index in [2.05, 4.69) is 25.7 Å². The van der Waals surface area contributed by atoms with Gasteiger partial charge in [-0.25, -0.2) is 14.5 Å². The van der Waals surface area contributed by atoms with Gasteiger partial charge in [0.2, 0.25) is 0 Å². The SMILES string of the molecule is Cc1cc(-n2ncc3cc(NC(=O)NCCC4CCOC4)ncc32)ccn1. The molecule has 1 saturated heterocycles. The monoisotopic (exact) mass is 366 g/mol. The van der Waals surface area contributed by atoms with Crippen LogP contribution < -0.4 is 10.6 Å². The summed E-state index contributed by atoms with van der Waals surface area (Å²) in [6, 6.07) is 5.42. The number of carbonyl (C=O) groups excluding carboxylic acids is 1. The van der Waals surface area contributed by atoms with E-state index in [-0.39, 0.29) is 6.03 Å². The zero-order valence-electron chi connectivity index (χ0n) is 15.2. The van der Waals surface area contributed by atoms with Crippen molar-refractivity contribution < 1.29 is 9.53 Å². The third kappa shape index (κ3) is 4.06. The summed E-state index contributed by atoms with van der Waals surface area (Å²) >= 11 is 0. The summed E-state index contributed by atoms with van der Waals surface area (Å²) < 4.78 is 7.15. The number of aromatic nitrogens is 4. The lowest BCUT2D eigenvalue weighted by Crippen LogP contribution is -2.30. The number of hydrogen-bond donors (Lipinski definition) is 2. The van der Waals surface area contributed by atoms with Crippen molar-refractivity contribution in [1.82, 2.24) is 25.1 Å². The van der Waals surface area contributed by atoms with E-state index in [0.29, 0.717) is 18.3 Å². The highest BCUT2D eigenvalue weighted by atomic mass is 16.5. The topological polar surface area (TPSA) is 94.0 Å². The number of hydrogen-bond acceptors (Lipinski definition) is 5. The molecule has 8 nitrogen and oxygen atoms in total. The Morgan fingerprint density at radius 1 is 1.33 bits per heavy atom. The van der Waals surface area contributed by atoms with E-state index in [9.17, 15) is 4.79 Å². The normalized spacial score (nSPS) is 16.6. The zero-order chi connectivity index (χ0) is 18.6. The molecule has 0 saturated carbocycles. The highest BCUT2D eigenvalue weighted by Gasteiger charge is 2.15. The molecule has 3 aromatic heterocycles. The molecule has 1 fully saturated rings. The lowest BCUT2D eigenvalue weighted by molar-refractivity contribution is 0.184. The molecule has 0 bridgehead atoms. The molecule has 2 N–H and O–H groups in total. The largest absolute Gasteiger partial charge is 0.381 e. The number of aryl methyl sites for hydroxylation is 1. The first-order valence-electron chi connectivity index (χ1n) is 9.08. The minimum atomic E-state index is -0.252. The molecule has 0 aromatic carbocycles. The van der Waals surface area contributed by atoms with Crippen molar-refractivity contribution in [2.24, 2.45) is 5.92 Å². The van der Waals surface area contributed by atoms with Crippen LogP contribution in [-0.4, -0.2) is 45.5 Å². The average molecular weight is 366 g/mol. The predicted molar refractivity (Wildman–Crippen MR) is 102 cm³/mol. The van der Waals surface area contributed by atoms with E-state index in [1.807, 2.05) is 29.8 Å². The molecule has 1 aliphatic heterocycles. The van der Waals surface area contributed by atoms with Crippen LogP contribution in [-0.2, 0) is 4.74 Å². The molecule has 0 aliphatic carbocycles. The van der Waals surface area contributed by atoms with Crippen LogP contribution in [0.25, 0.3) is 16.6 Å². The van der Waals surface area contributed by atoms with Crippen molar-refractivity contribution in [3.05, 3.63) is 42.5 Å². The number of nitrogens with zero attached hydrogens (tertiary/aromatic N) is 4. The maximum Gasteiger partial charge on any atom is 0.320 e. The van der Waals surface area contributed by atoms with Gasteiger partial charge in [0.15, 0.2) is 0 Å². The lowest BCUT2D eigenvalue weighted by atomic mass is 10.1. The first-order chi connectivity index (χ1) is 13.2. The number of pyridine rings is 2. The van der Waals surface area contributed by atoms with Gasteiger partial charge in [0, 0.05) is 37.0 Å². The molecule has 1 aliphatic rings. The number of fused-ring (bicyclic) bond motifs is 1. The quantitative estimate of drug-likeness (QED) is 0.724. The number of nitrogens with one attached hydrogen (secondary N) is 2. The van der Waals surface area contributed by atoms with E-state index < -0.39 is 0 Å². The van der Waals surface area contributed by atoms with Crippen molar-refractivity contribution in [1.29, 1.82) is 0 Å². The summed E-state index contributed by atoms with van der Waals surface area (Å²) in [6.45, 7) is 4.19. The van der Waals surface area contributed by atoms with Crippen LogP contribution in [0.5, 0.6) is 0 Å². The second-order valence-corrected chi connectivity index (χ2v) is 6.74. The minimum absolute atomic E-state index is 0.252.